The van der Waals surface area contributed by atoms with Crippen LogP contribution in [0.3, 0.4) is 0 Å². The lowest BCUT2D eigenvalue weighted by Crippen LogP contribution is -2.13. The molecule has 0 amide bonds. The lowest BCUT2D eigenvalue weighted by atomic mass is 9.86. The second kappa shape index (κ2) is 15.8. The Morgan fingerprint density at radius 2 is 0.595 bits per heavy atom. The second-order valence-corrected chi connectivity index (χ2v) is 25.2. The zero-order valence-corrected chi connectivity index (χ0v) is 45.1. The maximum Gasteiger partial charge on any atom is 0.0641 e. The van der Waals surface area contributed by atoms with E-state index in [1.165, 1.54) is 110 Å². The summed E-state index contributed by atoms with van der Waals surface area (Å²) in [5.41, 5.74) is 19.7. The van der Waals surface area contributed by atoms with E-state index in [4.69, 9.17) is 0 Å². The van der Waals surface area contributed by atoms with Crippen molar-refractivity contribution >= 4 is 110 Å². The van der Waals surface area contributed by atoms with Gasteiger partial charge in [-0.25, -0.2) is 0 Å². The Bertz CT molecular complexity index is 4010. The number of anilines is 6. The standard InChI is InChI=1S/C70H66N4/c1-67(2,3)43-23-29-49(30-24-43)71(47-19-15-13-16-20-47)59-37-33-51-53-41-62-54(42-61(53)73-57-35-27-45(69(7,8)9)39-55(57)63(59)65(51)73)52-34-38-60(64-56-40-46(70(10,11)12)28-36-58(56)74(62)66(52)64)72(48-21-17-14-18-22-48)50-31-25-44(26-32-50)68(4,5)6/h13-42H,1-12H3. The molecular formula is C70H66N4. The van der Waals surface area contributed by atoms with Gasteiger partial charge in [-0.15, -0.1) is 0 Å². The Morgan fingerprint density at radius 3 is 0.932 bits per heavy atom. The van der Waals surface area contributed by atoms with E-state index in [2.05, 4.69) is 284 Å². The molecule has 0 aliphatic carbocycles. The van der Waals surface area contributed by atoms with Crippen LogP contribution in [0.5, 0.6) is 0 Å². The van der Waals surface area contributed by atoms with Crippen molar-refractivity contribution in [3.63, 3.8) is 0 Å². The van der Waals surface area contributed by atoms with E-state index in [0.29, 0.717) is 0 Å². The molecule has 0 saturated carbocycles. The minimum Gasteiger partial charge on any atom is -0.310 e. The molecule has 74 heavy (non-hydrogen) atoms. The quantitative estimate of drug-likeness (QED) is 0.165. The molecule has 13 aromatic rings. The number of nitrogens with zero attached hydrogens (tertiary/aromatic N) is 4. The molecule has 4 heteroatoms. The fourth-order valence-electron chi connectivity index (χ4n) is 12.1. The van der Waals surface area contributed by atoms with Crippen molar-refractivity contribution in [2.45, 2.75) is 105 Å². The van der Waals surface area contributed by atoms with Gasteiger partial charge in [0.05, 0.1) is 44.5 Å². The first-order valence-corrected chi connectivity index (χ1v) is 26.6. The van der Waals surface area contributed by atoms with Crippen molar-refractivity contribution in [2.75, 3.05) is 9.80 Å². The van der Waals surface area contributed by atoms with Crippen LogP contribution in [0.15, 0.2) is 182 Å². The normalized spacial score (nSPS) is 13.1. The molecule has 13 rings (SSSR count). The van der Waals surface area contributed by atoms with E-state index >= 15 is 0 Å². The Morgan fingerprint density at radius 1 is 0.270 bits per heavy atom. The Hall–Kier alpha value is -7.82. The topological polar surface area (TPSA) is 15.3 Å². The van der Waals surface area contributed by atoms with Gasteiger partial charge < -0.3 is 18.6 Å². The van der Waals surface area contributed by atoms with Crippen LogP contribution in [0.2, 0.25) is 0 Å². The van der Waals surface area contributed by atoms with E-state index in [0.717, 1.165) is 22.7 Å². The van der Waals surface area contributed by atoms with E-state index in [1.807, 2.05) is 0 Å². The number of benzene rings is 9. The fourth-order valence-corrected chi connectivity index (χ4v) is 12.1. The molecule has 4 heterocycles. The average molecular weight is 963 g/mol. The van der Waals surface area contributed by atoms with Crippen molar-refractivity contribution < 1.29 is 0 Å². The smallest absolute Gasteiger partial charge is 0.0641 e. The van der Waals surface area contributed by atoms with Gasteiger partial charge in [0.15, 0.2) is 0 Å². The van der Waals surface area contributed by atoms with Gasteiger partial charge in [-0.3, -0.25) is 0 Å². The summed E-state index contributed by atoms with van der Waals surface area (Å²) in [5.74, 6) is 0. The predicted octanol–water partition coefficient (Wildman–Crippen LogP) is 20.1. The highest BCUT2D eigenvalue weighted by Crippen LogP contribution is 2.52. The van der Waals surface area contributed by atoms with Gasteiger partial charge in [-0.2, -0.15) is 0 Å². The summed E-state index contributed by atoms with van der Waals surface area (Å²) in [5, 5.41) is 10.1. The number of para-hydroxylation sites is 2. The minimum absolute atomic E-state index is 0.0292. The van der Waals surface area contributed by atoms with Gasteiger partial charge in [0.25, 0.3) is 0 Å². The first-order chi connectivity index (χ1) is 35.3. The molecule has 0 atom stereocenters. The molecule has 4 aromatic heterocycles. The van der Waals surface area contributed by atoms with Gasteiger partial charge in [-0.05, 0) is 141 Å². The maximum atomic E-state index is 2.59. The summed E-state index contributed by atoms with van der Waals surface area (Å²) in [4.78, 5) is 4.95. The molecule has 0 fully saturated rings. The van der Waals surface area contributed by atoms with Crippen LogP contribution in [-0.2, 0) is 21.7 Å². The van der Waals surface area contributed by atoms with E-state index in [1.54, 1.807) is 0 Å². The number of aromatic nitrogens is 2. The number of fused-ring (bicyclic) bond motifs is 12. The zero-order chi connectivity index (χ0) is 51.4. The average Bonchev–Trinajstić information content (AvgIpc) is 4.11. The highest BCUT2D eigenvalue weighted by atomic mass is 15.2. The predicted molar refractivity (Wildman–Crippen MR) is 320 cm³/mol. The molecule has 0 aliphatic rings. The number of hydrogen-bond acceptors (Lipinski definition) is 2. The third-order valence-corrected chi connectivity index (χ3v) is 16.2. The SMILES string of the molecule is CC(C)(C)c1ccc(N(c2ccccc2)c2ccc3c4cc5c(cc4n4c6ccc(C(C)(C)C)cc6c2c34)c2ccc(N(c3ccccc3)c3ccc(C(C)(C)C)cc3)c3c4cc(C(C)(C)C)ccc4n5c23)cc1. The molecule has 0 saturated heterocycles. The van der Waals surface area contributed by atoms with E-state index in [9.17, 15) is 0 Å². The van der Waals surface area contributed by atoms with Crippen molar-refractivity contribution in [1.29, 1.82) is 0 Å². The maximum absolute atomic E-state index is 2.59. The zero-order valence-electron chi connectivity index (χ0n) is 45.1. The molecule has 9 aromatic carbocycles. The molecule has 0 N–H and O–H groups in total. The minimum atomic E-state index is -0.0292. The van der Waals surface area contributed by atoms with Crippen molar-refractivity contribution in [2.24, 2.45) is 0 Å². The summed E-state index contributed by atoms with van der Waals surface area (Å²) in [7, 11) is 0. The van der Waals surface area contributed by atoms with Gasteiger partial charge >= 0.3 is 0 Å². The monoisotopic (exact) mass is 963 g/mol. The second-order valence-electron chi connectivity index (χ2n) is 25.2. The molecule has 0 spiro atoms. The summed E-state index contributed by atoms with van der Waals surface area (Å²) >= 11 is 0. The lowest BCUT2D eigenvalue weighted by molar-refractivity contribution is 0.590. The molecule has 4 nitrogen and oxygen atoms in total. The Labute approximate surface area is 435 Å². The lowest BCUT2D eigenvalue weighted by Gasteiger charge is -2.28. The van der Waals surface area contributed by atoms with Crippen molar-refractivity contribution in [3.8, 4) is 0 Å². The first-order valence-electron chi connectivity index (χ1n) is 26.6. The summed E-state index contributed by atoms with van der Waals surface area (Å²) < 4.78 is 5.17. The highest BCUT2D eigenvalue weighted by molar-refractivity contribution is 6.32. The van der Waals surface area contributed by atoms with Crippen LogP contribution in [-0.4, -0.2) is 8.80 Å². The van der Waals surface area contributed by atoms with Crippen molar-refractivity contribution in [3.05, 3.63) is 204 Å². The van der Waals surface area contributed by atoms with E-state index < -0.39 is 0 Å². The van der Waals surface area contributed by atoms with Crippen LogP contribution in [0, 0.1) is 0 Å². The largest absolute Gasteiger partial charge is 0.310 e. The summed E-state index contributed by atoms with van der Waals surface area (Å²) in [6.07, 6.45) is 0. The molecule has 366 valence electrons. The molecular weight excluding hydrogens is 897 g/mol. The van der Waals surface area contributed by atoms with Gasteiger partial charge in [-0.1, -0.05) is 168 Å². The van der Waals surface area contributed by atoms with Crippen LogP contribution in [0.25, 0.3) is 76.2 Å². The van der Waals surface area contributed by atoms with Crippen LogP contribution in [0.4, 0.5) is 34.1 Å². The molecule has 0 radical (unpaired) electrons. The van der Waals surface area contributed by atoms with Crippen LogP contribution >= 0.6 is 0 Å². The molecule has 0 bridgehead atoms. The summed E-state index contributed by atoms with van der Waals surface area (Å²) in [6.45, 7) is 27.7. The third-order valence-electron chi connectivity index (χ3n) is 16.2. The van der Waals surface area contributed by atoms with Gasteiger partial charge in [0, 0.05) is 65.8 Å². The molecule has 0 unspecified atom stereocenters. The fraction of sp³-hybridized carbons (Fsp3) is 0.229. The van der Waals surface area contributed by atoms with Crippen molar-refractivity contribution in [1.82, 2.24) is 8.80 Å². The first kappa shape index (κ1) is 46.0. The Kier molecular flexibility index (Phi) is 9.85. The Balaban J connectivity index is 1.13. The number of rotatable bonds is 6. The van der Waals surface area contributed by atoms with Crippen LogP contribution < -0.4 is 9.80 Å². The number of hydrogen-bond donors (Lipinski definition) is 0. The third kappa shape index (κ3) is 6.94. The van der Waals surface area contributed by atoms with Gasteiger partial charge in [0.2, 0.25) is 0 Å². The van der Waals surface area contributed by atoms with Gasteiger partial charge in [0.1, 0.15) is 0 Å². The van der Waals surface area contributed by atoms with E-state index in [-0.39, 0.29) is 21.7 Å². The highest BCUT2D eigenvalue weighted by Gasteiger charge is 2.30. The van der Waals surface area contributed by atoms with Crippen LogP contribution in [0.1, 0.15) is 105 Å². The summed E-state index contributed by atoms with van der Waals surface area (Å²) in [6, 6.07) is 69.4. The molecule has 0 aliphatic heterocycles.